The molecule has 1 heterocycles. The minimum absolute atomic E-state index is 0.246. The fraction of sp³-hybridized carbons (Fsp3) is 0.0588. The van der Waals surface area contributed by atoms with Crippen LogP contribution in [0, 0.1) is 0 Å². The third-order valence-electron chi connectivity index (χ3n) is 3.20. The maximum absolute atomic E-state index is 11.1. The summed E-state index contributed by atoms with van der Waals surface area (Å²) in [4.78, 5) is 11.1. The van der Waals surface area contributed by atoms with E-state index in [9.17, 15) is 4.79 Å². The lowest BCUT2D eigenvalue weighted by Crippen LogP contribution is -2.08. The number of halogens is 2. The largest absolute Gasteiger partial charge is 0.454 e. The Bertz CT molecular complexity index is 859. The van der Waals surface area contributed by atoms with E-state index in [2.05, 4.69) is 10.2 Å². The molecule has 0 aliphatic heterocycles. The molecule has 23 heavy (non-hydrogen) atoms. The van der Waals surface area contributed by atoms with Crippen LogP contribution in [0.25, 0.3) is 0 Å². The molecule has 0 radical (unpaired) electrons. The summed E-state index contributed by atoms with van der Waals surface area (Å²) in [5.74, 6) is 1.05. The Hall–Kier alpha value is -2.30. The number of hydrogen-bond donors (Lipinski definition) is 1. The van der Waals surface area contributed by atoms with Crippen molar-refractivity contribution in [3.05, 3.63) is 86.3 Å². The third-order valence-corrected chi connectivity index (χ3v) is 3.91. The van der Waals surface area contributed by atoms with Gasteiger partial charge in [-0.1, -0.05) is 47.5 Å². The number of nitrogens with zero attached hydrogens (tertiary/aromatic N) is 1. The van der Waals surface area contributed by atoms with Crippen LogP contribution in [0.4, 0.5) is 0 Å². The van der Waals surface area contributed by atoms with Crippen LogP contribution in [0.5, 0.6) is 11.5 Å². The summed E-state index contributed by atoms with van der Waals surface area (Å²) in [5.41, 5.74) is 1.25. The molecule has 0 fully saturated rings. The summed E-state index contributed by atoms with van der Waals surface area (Å²) in [7, 11) is 0. The van der Waals surface area contributed by atoms with Crippen molar-refractivity contribution in [3.8, 4) is 11.5 Å². The Balaban J connectivity index is 1.92. The maximum atomic E-state index is 11.1. The molecule has 0 unspecified atom stereocenters. The highest BCUT2D eigenvalue weighted by atomic mass is 35.5. The first-order valence-electron chi connectivity index (χ1n) is 6.88. The molecule has 0 amide bonds. The van der Waals surface area contributed by atoms with E-state index in [1.54, 1.807) is 12.1 Å². The van der Waals surface area contributed by atoms with Gasteiger partial charge in [-0.05, 0) is 29.8 Å². The van der Waals surface area contributed by atoms with Crippen molar-refractivity contribution >= 4 is 23.2 Å². The smallest absolute Gasteiger partial charge is 0.264 e. The quantitative estimate of drug-likeness (QED) is 0.758. The lowest BCUT2D eigenvalue weighted by atomic mass is 10.1. The van der Waals surface area contributed by atoms with Gasteiger partial charge in [0.25, 0.3) is 5.56 Å². The number of H-pyrrole nitrogens is 1. The molecular formula is C17H12Cl2N2O2. The number of aromatic amines is 1. The van der Waals surface area contributed by atoms with Gasteiger partial charge in [0.05, 0.1) is 15.7 Å². The third kappa shape index (κ3) is 3.73. The monoisotopic (exact) mass is 346 g/mol. The molecule has 6 heteroatoms. The highest BCUT2D eigenvalue weighted by Gasteiger charge is 2.14. The molecule has 0 saturated heterocycles. The van der Waals surface area contributed by atoms with Crippen LogP contribution in [0.15, 0.2) is 59.4 Å². The van der Waals surface area contributed by atoms with Gasteiger partial charge < -0.3 is 4.74 Å². The number of ether oxygens (including phenoxy) is 1. The van der Waals surface area contributed by atoms with Crippen LogP contribution in [-0.2, 0) is 6.42 Å². The van der Waals surface area contributed by atoms with Crippen LogP contribution in [0.3, 0.4) is 0 Å². The molecule has 0 atom stereocenters. The standard InChI is InChI=1S/C17H12Cl2N2O2/c18-14-8-6-11(10-12-7-9-15(22)21-20-12)16(19)17(14)23-13-4-2-1-3-5-13/h1-9H,10H2,(H,21,22). The summed E-state index contributed by atoms with van der Waals surface area (Å²) < 4.78 is 5.80. The Morgan fingerprint density at radius 3 is 2.48 bits per heavy atom. The van der Waals surface area contributed by atoms with E-state index < -0.39 is 0 Å². The van der Waals surface area contributed by atoms with Gasteiger partial charge in [0.2, 0.25) is 0 Å². The van der Waals surface area contributed by atoms with E-state index >= 15 is 0 Å². The van der Waals surface area contributed by atoms with Gasteiger partial charge >= 0.3 is 0 Å². The molecule has 2 aromatic carbocycles. The zero-order valence-electron chi connectivity index (χ0n) is 11.9. The van der Waals surface area contributed by atoms with Gasteiger partial charge in [-0.25, -0.2) is 5.10 Å². The first-order valence-corrected chi connectivity index (χ1v) is 7.63. The molecular weight excluding hydrogens is 335 g/mol. The molecule has 3 rings (SSSR count). The SMILES string of the molecule is O=c1ccc(Cc2ccc(Cl)c(Oc3ccccc3)c2Cl)n[nH]1. The van der Waals surface area contributed by atoms with E-state index in [1.807, 2.05) is 36.4 Å². The van der Waals surface area contributed by atoms with Crippen molar-refractivity contribution in [1.29, 1.82) is 0 Å². The average molecular weight is 347 g/mol. The number of para-hydroxylation sites is 1. The number of aromatic nitrogens is 2. The van der Waals surface area contributed by atoms with Crippen LogP contribution in [-0.4, -0.2) is 10.2 Å². The molecule has 0 spiro atoms. The van der Waals surface area contributed by atoms with Crippen molar-refractivity contribution in [2.75, 3.05) is 0 Å². The first kappa shape index (κ1) is 15.6. The lowest BCUT2D eigenvalue weighted by Gasteiger charge is -2.12. The van der Waals surface area contributed by atoms with Crippen LogP contribution < -0.4 is 10.3 Å². The van der Waals surface area contributed by atoms with Crippen molar-refractivity contribution in [2.45, 2.75) is 6.42 Å². The van der Waals surface area contributed by atoms with Crippen molar-refractivity contribution in [2.24, 2.45) is 0 Å². The van der Waals surface area contributed by atoms with Crippen molar-refractivity contribution in [1.82, 2.24) is 10.2 Å². The van der Waals surface area contributed by atoms with E-state index in [-0.39, 0.29) is 5.56 Å². The van der Waals surface area contributed by atoms with Gasteiger partial charge in [0, 0.05) is 12.5 Å². The van der Waals surface area contributed by atoms with Gasteiger partial charge in [-0.2, -0.15) is 5.10 Å². The molecule has 0 aliphatic rings. The summed E-state index contributed by atoms with van der Waals surface area (Å²) in [6.07, 6.45) is 0.456. The second kappa shape index (κ2) is 6.86. The number of benzene rings is 2. The highest BCUT2D eigenvalue weighted by Crippen LogP contribution is 2.39. The van der Waals surface area contributed by atoms with Gasteiger partial charge in [0.15, 0.2) is 5.75 Å². The minimum Gasteiger partial charge on any atom is -0.454 e. The Kier molecular flexibility index (Phi) is 4.65. The molecule has 3 aromatic rings. The average Bonchev–Trinajstić information content (AvgIpc) is 2.57. The maximum Gasteiger partial charge on any atom is 0.264 e. The van der Waals surface area contributed by atoms with E-state index in [0.29, 0.717) is 33.7 Å². The predicted octanol–water partition coefficient (Wildman–Crippen LogP) is 4.46. The van der Waals surface area contributed by atoms with Crippen LogP contribution in [0.1, 0.15) is 11.3 Å². The summed E-state index contributed by atoms with van der Waals surface area (Å²) in [6, 6.07) is 15.9. The van der Waals surface area contributed by atoms with Crippen LogP contribution in [0.2, 0.25) is 10.0 Å². The second-order valence-electron chi connectivity index (χ2n) is 4.85. The van der Waals surface area contributed by atoms with Crippen LogP contribution >= 0.6 is 23.2 Å². The zero-order chi connectivity index (χ0) is 16.2. The van der Waals surface area contributed by atoms with Crippen molar-refractivity contribution < 1.29 is 4.74 Å². The Labute approximate surface area is 142 Å². The Morgan fingerprint density at radius 2 is 1.78 bits per heavy atom. The molecule has 4 nitrogen and oxygen atoms in total. The number of rotatable bonds is 4. The van der Waals surface area contributed by atoms with Crippen molar-refractivity contribution in [3.63, 3.8) is 0 Å². The summed E-state index contributed by atoms with van der Waals surface area (Å²) in [6.45, 7) is 0. The predicted molar refractivity (Wildman–Crippen MR) is 90.6 cm³/mol. The Morgan fingerprint density at radius 1 is 1.00 bits per heavy atom. The molecule has 0 saturated carbocycles. The molecule has 1 N–H and O–H groups in total. The molecule has 116 valence electrons. The van der Waals surface area contributed by atoms with Gasteiger partial charge in [0.1, 0.15) is 5.75 Å². The molecule has 1 aromatic heterocycles. The highest BCUT2D eigenvalue weighted by molar-refractivity contribution is 6.37. The van der Waals surface area contributed by atoms with Gasteiger partial charge in [-0.15, -0.1) is 0 Å². The van der Waals surface area contributed by atoms with E-state index in [1.165, 1.54) is 6.07 Å². The summed E-state index contributed by atoms with van der Waals surface area (Å²) in [5, 5.41) is 7.23. The normalized spacial score (nSPS) is 10.5. The second-order valence-corrected chi connectivity index (χ2v) is 5.64. The van der Waals surface area contributed by atoms with E-state index in [4.69, 9.17) is 27.9 Å². The minimum atomic E-state index is -0.246. The lowest BCUT2D eigenvalue weighted by molar-refractivity contribution is 0.482. The number of nitrogens with one attached hydrogen (secondary N) is 1. The molecule has 0 aliphatic carbocycles. The summed E-state index contributed by atoms with van der Waals surface area (Å²) >= 11 is 12.6. The fourth-order valence-electron chi connectivity index (χ4n) is 2.08. The number of hydrogen-bond acceptors (Lipinski definition) is 3. The fourth-order valence-corrected chi connectivity index (χ4v) is 2.59. The topological polar surface area (TPSA) is 55.0 Å². The molecule has 0 bridgehead atoms. The zero-order valence-corrected chi connectivity index (χ0v) is 13.4. The van der Waals surface area contributed by atoms with Gasteiger partial charge in [-0.3, -0.25) is 4.79 Å². The van der Waals surface area contributed by atoms with E-state index in [0.717, 1.165) is 5.56 Å². The first-order chi connectivity index (χ1) is 11.1.